The van der Waals surface area contributed by atoms with Crippen LogP contribution in [-0.4, -0.2) is 10.2 Å². The standard InChI is InChI=1S/C17H12F3NO/c1-11(22)15-10-14(12-5-3-2-4-6-12)16-9-13(17(18,19)20)7-8-21(15)16/h2-10H,1H3. The number of carbonyl (C=O) groups is 1. The van der Waals surface area contributed by atoms with Gasteiger partial charge in [-0.2, -0.15) is 13.2 Å². The van der Waals surface area contributed by atoms with Crippen molar-refractivity contribution in [3.05, 3.63) is 66.0 Å². The second-order valence-corrected chi connectivity index (χ2v) is 5.03. The molecule has 2 heterocycles. The maximum Gasteiger partial charge on any atom is 0.416 e. The van der Waals surface area contributed by atoms with Crippen LogP contribution in [-0.2, 0) is 6.18 Å². The minimum Gasteiger partial charge on any atom is -0.313 e. The van der Waals surface area contributed by atoms with Crippen LogP contribution in [0.15, 0.2) is 54.7 Å². The number of benzene rings is 1. The molecule has 112 valence electrons. The zero-order valence-corrected chi connectivity index (χ0v) is 11.7. The van der Waals surface area contributed by atoms with Crippen molar-refractivity contribution >= 4 is 11.3 Å². The van der Waals surface area contributed by atoms with Gasteiger partial charge in [-0.25, -0.2) is 0 Å². The molecule has 5 heteroatoms. The third kappa shape index (κ3) is 2.39. The van der Waals surface area contributed by atoms with Crippen LogP contribution in [0.1, 0.15) is 23.0 Å². The normalized spacial score (nSPS) is 11.8. The maximum atomic E-state index is 12.9. The third-order valence-electron chi connectivity index (χ3n) is 3.54. The van der Waals surface area contributed by atoms with E-state index in [-0.39, 0.29) is 5.78 Å². The Morgan fingerprint density at radius 2 is 1.73 bits per heavy atom. The molecule has 0 aliphatic rings. The Kier molecular flexibility index (Phi) is 3.28. The smallest absolute Gasteiger partial charge is 0.313 e. The number of nitrogens with zero attached hydrogens (tertiary/aromatic N) is 1. The highest BCUT2D eigenvalue weighted by Crippen LogP contribution is 2.34. The minimum absolute atomic E-state index is 0.197. The monoisotopic (exact) mass is 303 g/mol. The van der Waals surface area contributed by atoms with E-state index in [1.807, 2.05) is 6.07 Å². The summed E-state index contributed by atoms with van der Waals surface area (Å²) < 4.78 is 40.3. The van der Waals surface area contributed by atoms with Gasteiger partial charge < -0.3 is 4.40 Å². The molecular formula is C17H12F3NO. The molecule has 22 heavy (non-hydrogen) atoms. The van der Waals surface area contributed by atoms with Crippen molar-refractivity contribution < 1.29 is 18.0 Å². The van der Waals surface area contributed by atoms with Crippen molar-refractivity contribution in [3.8, 4) is 11.1 Å². The Labute approximate surface area is 124 Å². The van der Waals surface area contributed by atoms with Crippen LogP contribution < -0.4 is 0 Å². The molecule has 0 aliphatic carbocycles. The van der Waals surface area contributed by atoms with E-state index in [2.05, 4.69) is 0 Å². The number of fused-ring (bicyclic) bond motifs is 1. The first kappa shape index (κ1) is 14.4. The Hall–Kier alpha value is -2.56. The summed E-state index contributed by atoms with van der Waals surface area (Å²) in [6.07, 6.45) is -3.13. The van der Waals surface area contributed by atoms with E-state index in [9.17, 15) is 18.0 Å². The molecule has 0 bridgehead atoms. The number of alkyl halides is 3. The molecular weight excluding hydrogens is 291 g/mol. The zero-order chi connectivity index (χ0) is 15.9. The van der Waals surface area contributed by atoms with Gasteiger partial charge in [0.05, 0.1) is 16.8 Å². The van der Waals surface area contributed by atoms with Gasteiger partial charge in [-0.1, -0.05) is 30.3 Å². The van der Waals surface area contributed by atoms with Gasteiger partial charge in [-0.15, -0.1) is 0 Å². The van der Waals surface area contributed by atoms with E-state index in [0.717, 1.165) is 17.7 Å². The van der Waals surface area contributed by atoms with Crippen molar-refractivity contribution in [1.29, 1.82) is 0 Å². The molecule has 0 saturated heterocycles. The third-order valence-corrected chi connectivity index (χ3v) is 3.54. The summed E-state index contributed by atoms with van der Waals surface area (Å²) in [4.78, 5) is 11.7. The van der Waals surface area contributed by atoms with Crippen molar-refractivity contribution in [3.63, 3.8) is 0 Å². The first-order valence-corrected chi connectivity index (χ1v) is 6.66. The molecule has 0 spiro atoms. The molecule has 0 aliphatic heterocycles. The second-order valence-electron chi connectivity index (χ2n) is 5.03. The average molecular weight is 303 g/mol. The maximum absolute atomic E-state index is 12.9. The number of halogens is 3. The summed E-state index contributed by atoms with van der Waals surface area (Å²) >= 11 is 0. The largest absolute Gasteiger partial charge is 0.416 e. The highest BCUT2D eigenvalue weighted by atomic mass is 19.4. The van der Waals surface area contributed by atoms with Crippen LogP contribution in [0.5, 0.6) is 0 Å². The number of ketones is 1. The average Bonchev–Trinajstić information content (AvgIpc) is 2.86. The number of Topliss-reactive ketones (excluding diaryl/α,β-unsaturated/α-hetero) is 1. The fourth-order valence-corrected chi connectivity index (χ4v) is 2.49. The molecule has 3 rings (SSSR count). The molecule has 0 unspecified atom stereocenters. The molecule has 2 nitrogen and oxygen atoms in total. The summed E-state index contributed by atoms with van der Waals surface area (Å²) in [7, 11) is 0. The van der Waals surface area contributed by atoms with Gasteiger partial charge in [0.1, 0.15) is 0 Å². The summed E-state index contributed by atoms with van der Waals surface area (Å²) in [6.45, 7) is 1.40. The predicted molar refractivity (Wildman–Crippen MR) is 77.8 cm³/mol. The van der Waals surface area contributed by atoms with Gasteiger partial charge in [0.2, 0.25) is 0 Å². The summed E-state index contributed by atoms with van der Waals surface area (Å²) in [6, 6.07) is 12.7. The van der Waals surface area contributed by atoms with E-state index in [1.165, 1.54) is 17.5 Å². The van der Waals surface area contributed by atoms with Crippen molar-refractivity contribution in [1.82, 2.24) is 4.40 Å². The second kappa shape index (κ2) is 5.02. The Morgan fingerprint density at radius 3 is 2.32 bits per heavy atom. The number of carbonyl (C=O) groups excluding carboxylic acids is 1. The Bertz CT molecular complexity index is 847. The van der Waals surface area contributed by atoms with Crippen LogP contribution in [0.4, 0.5) is 13.2 Å². The van der Waals surface area contributed by atoms with Crippen molar-refractivity contribution in [2.24, 2.45) is 0 Å². The molecule has 3 aromatic rings. The van der Waals surface area contributed by atoms with Crippen molar-refractivity contribution in [2.45, 2.75) is 13.1 Å². The fourth-order valence-electron chi connectivity index (χ4n) is 2.49. The van der Waals surface area contributed by atoms with Gasteiger partial charge in [-0.05, 0) is 23.8 Å². The molecule has 0 fully saturated rings. The van der Waals surface area contributed by atoms with E-state index in [0.29, 0.717) is 16.8 Å². The predicted octanol–water partition coefficient (Wildman–Crippen LogP) is 4.83. The topological polar surface area (TPSA) is 21.5 Å². The summed E-state index contributed by atoms with van der Waals surface area (Å²) in [5.41, 5.74) is 1.38. The van der Waals surface area contributed by atoms with E-state index in [4.69, 9.17) is 0 Å². The van der Waals surface area contributed by atoms with Crippen LogP contribution in [0.25, 0.3) is 16.6 Å². The van der Waals surface area contributed by atoms with Crippen molar-refractivity contribution in [2.75, 3.05) is 0 Å². The fraction of sp³-hybridized carbons (Fsp3) is 0.118. The Morgan fingerprint density at radius 1 is 1.05 bits per heavy atom. The minimum atomic E-state index is -4.42. The van der Waals surface area contributed by atoms with Gasteiger partial charge >= 0.3 is 6.18 Å². The van der Waals surface area contributed by atoms with Gasteiger partial charge in [0.25, 0.3) is 0 Å². The lowest BCUT2D eigenvalue weighted by Gasteiger charge is -2.08. The molecule has 0 amide bonds. The lowest BCUT2D eigenvalue weighted by molar-refractivity contribution is -0.137. The number of rotatable bonds is 2. The van der Waals surface area contributed by atoms with Gasteiger partial charge in [0, 0.05) is 18.7 Å². The number of aromatic nitrogens is 1. The number of hydrogen-bond acceptors (Lipinski definition) is 1. The summed E-state index contributed by atoms with van der Waals surface area (Å²) in [5, 5.41) is 0. The number of hydrogen-bond donors (Lipinski definition) is 0. The zero-order valence-electron chi connectivity index (χ0n) is 11.7. The highest BCUT2D eigenvalue weighted by molar-refractivity contribution is 5.98. The summed E-state index contributed by atoms with van der Waals surface area (Å²) in [5.74, 6) is -0.197. The van der Waals surface area contributed by atoms with Crippen LogP contribution in [0.2, 0.25) is 0 Å². The van der Waals surface area contributed by atoms with Crippen LogP contribution in [0, 0.1) is 0 Å². The lowest BCUT2D eigenvalue weighted by Crippen LogP contribution is -2.06. The van der Waals surface area contributed by atoms with Crippen LogP contribution in [0.3, 0.4) is 0 Å². The molecule has 0 atom stereocenters. The Balaban J connectivity index is 2.33. The molecule has 1 aromatic carbocycles. The van der Waals surface area contributed by atoms with Gasteiger partial charge in [-0.3, -0.25) is 4.79 Å². The number of pyridine rings is 1. The van der Waals surface area contributed by atoms with E-state index >= 15 is 0 Å². The quantitative estimate of drug-likeness (QED) is 0.621. The lowest BCUT2D eigenvalue weighted by atomic mass is 10.1. The van der Waals surface area contributed by atoms with Crippen LogP contribution >= 0.6 is 0 Å². The molecule has 0 N–H and O–H groups in total. The van der Waals surface area contributed by atoms with E-state index < -0.39 is 11.7 Å². The van der Waals surface area contributed by atoms with E-state index in [1.54, 1.807) is 30.3 Å². The first-order valence-electron chi connectivity index (χ1n) is 6.66. The molecule has 0 saturated carbocycles. The first-order chi connectivity index (χ1) is 10.4. The molecule has 0 radical (unpaired) electrons. The SMILES string of the molecule is CC(=O)c1cc(-c2ccccc2)c2cc(C(F)(F)F)ccn12. The van der Waals surface area contributed by atoms with Gasteiger partial charge in [0.15, 0.2) is 5.78 Å². The molecule has 2 aromatic heterocycles. The highest BCUT2D eigenvalue weighted by Gasteiger charge is 2.31.